The van der Waals surface area contributed by atoms with Crippen LogP contribution in [-0.4, -0.2) is 11.1 Å². The van der Waals surface area contributed by atoms with Gasteiger partial charge in [0.05, 0.1) is 6.10 Å². The van der Waals surface area contributed by atoms with E-state index in [1.54, 1.807) is 0 Å². The van der Waals surface area contributed by atoms with Gasteiger partial charge in [0, 0.05) is 11.6 Å². The molecule has 0 spiro atoms. The maximum absolute atomic E-state index is 11.0. The van der Waals surface area contributed by atoms with Crippen LogP contribution in [0.1, 0.15) is 35.3 Å². The van der Waals surface area contributed by atoms with E-state index in [0.29, 0.717) is 12.4 Å². The van der Waals surface area contributed by atoms with Crippen molar-refractivity contribution in [1.29, 1.82) is 0 Å². The number of rotatable bonds is 8. The molecule has 3 aromatic carbocycles. The lowest BCUT2D eigenvalue weighted by atomic mass is 9.87. The average Bonchev–Trinajstić information content (AvgIpc) is 2.73. The molecule has 28 heavy (non-hydrogen) atoms. The molecule has 146 valence electrons. The summed E-state index contributed by atoms with van der Waals surface area (Å²) < 4.78 is 6.00. The highest BCUT2D eigenvalue weighted by Gasteiger charge is 2.25. The van der Waals surface area contributed by atoms with Crippen LogP contribution in [0, 0.1) is 12.8 Å². The standard InChI is InChI=1S/C25H29NO2/c1-18-10-6-7-13-21(18)16-19(2)24(26)25(27)22-14-8-9-15-23(22)28-17-20-11-4-3-5-12-20/h3-15,19,24-25,27H,16-17,26H2,1-2H3. The number of aryl methyl sites for hydroxylation is 1. The van der Waals surface area contributed by atoms with Crippen molar-refractivity contribution in [2.75, 3.05) is 0 Å². The Bertz CT molecular complexity index is 878. The molecule has 0 aliphatic carbocycles. The molecule has 0 aliphatic heterocycles. The van der Waals surface area contributed by atoms with Crippen molar-refractivity contribution >= 4 is 0 Å². The fourth-order valence-electron chi connectivity index (χ4n) is 3.43. The second kappa shape index (κ2) is 9.54. The van der Waals surface area contributed by atoms with E-state index in [0.717, 1.165) is 17.5 Å². The van der Waals surface area contributed by atoms with Gasteiger partial charge in [0.15, 0.2) is 0 Å². The summed E-state index contributed by atoms with van der Waals surface area (Å²) in [5.74, 6) is 0.802. The van der Waals surface area contributed by atoms with Crippen LogP contribution in [0.25, 0.3) is 0 Å². The van der Waals surface area contributed by atoms with Crippen LogP contribution in [0.15, 0.2) is 78.9 Å². The summed E-state index contributed by atoms with van der Waals surface area (Å²) in [4.78, 5) is 0. The van der Waals surface area contributed by atoms with Gasteiger partial charge in [-0.1, -0.05) is 79.7 Å². The fraction of sp³-hybridized carbons (Fsp3) is 0.280. The fourth-order valence-corrected chi connectivity index (χ4v) is 3.43. The van der Waals surface area contributed by atoms with Crippen LogP contribution in [-0.2, 0) is 13.0 Å². The highest BCUT2D eigenvalue weighted by Crippen LogP contribution is 2.30. The molecule has 3 N–H and O–H groups in total. The van der Waals surface area contributed by atoms with E-state index in [2.05, 4.69) is 26.0 Å². The van der Waals surface area contributed by atoms with Crippen LogP contribution in [0.4, 0.5) is 0 Å². The van der Waals surface area contributed by atoms with Crippen molar-refractivity contribution in [2.45, 2.75) is 39.0 Å². The lowest BCUT2D eigenvalue weighted by Crippen LogP contribution is -2.36. The number of aliphatic hydroxyl groups is 1. The first-order valence-corrected chi connectivity index (χ1v) is 9.80. The molecular weight excluding hydrogens is 346 g/mol. The minimum atomic E-state index is -0.786. The minimum absolute atomic E-state index is 0.123. The quantitative estimate of drug-likeness (QED) is 0.594. The second-order valence-corrected chi connectivity index (χ2v) is 7.44. The number of ether oxygens (including phenoxy) is 1. The topological polar surface area (TPSA) is 55.5 Å². The van der Waals surface area contributed by atoms with Gasteiger partial charge in [-0.25, -0.2) is 0 Å². The van der Waals surface area contributed by atoms with Crippen molar-refractivity contribution in [3.8, 4) is 5.75 Å². The first-order chi connectivity index (χ1) is 13.6. The van der Waals surface area contributed by atoms with Gasteiger partial charge in [0.1, 0.15) is 12.4 Å². The largest absolute Gasteiger partial charge is 0.489 e. The Morgan fingerprint density at radius 1 is 0.893 bits per heavy atom. The first-order valence-electron chi connectivity index (χ1n) is 9.80. The number of aliphatic hydroxyl groups excluding tert-OH is 1. The third-order valence-electron chi connectivity index (χ3n) is 5.30. The molecule has 3 rings (SSSR count). The zero-order chi connectivity index (χ0) is 19.9. The molecule has 3 unspecified atom stereocenters. The Kier molecular flexibility index (Phi) is 6.85. The maximum atomic E-state index is 11.0. The highest BCUT2D eigenvalue weighted by atomic mass is 16.5. The Labute approximate surface area is 167 Å². The van der Waals surface area contributed by atoms with Crippen molar-refractivity contribution < 1.29 is 9.84 Å². The predicted octanol–water partition coefficient (Wildman–Crippen LogP) is 4.81. The third kappa shape index (κ3) is 5.00. The Hall–Kier alpha value is -2.62. The monoisotopic (exact) mass is 375 g/mol. The molecule has 3 nitrogen and oxygen atoms in total. The number of benzene rings is 3. The first kappa shape index (κ1) is 20.1. The van der Waals surface area contributed by atoms with Crippen molar-refractivity contribution in [3.05, 3.63) is 101 Å². The molecule has 3 atom stereocenters. The van der Waals surface area contributed by atoms with E-state index in [1.807, 2.05) is 66.7 Å². The zero-order valence-corrected chi connectivity index (χ0v) is 16.6. The molecule has 0 bridgehead atoms. The summed E-state index contributed by atoms with van der Waals surface area (Å²) >= 11 is 0. The average molecular weight is 376 g/mol. The zero-order valence-electron chi connectivity index (χ0n) is 16.6. The highest BCUT2D eigenvalue weighted by molar-refractivity contribution is 5.36. The summed E-state index contributed by atoms with van der Waals surface area (Å²) in [7, 11) is 0. The van der Waals surface area contributed by atoms with Crippen molar-refractivity contribution in [2.24, 2.45) is 11.7 Å². The molecule has 0 radical (unpaired) electrons. The van der Waals surface area contributed by atoms with Gasteiger partial charge in [-0.2, -0.15) is 0 Å². The number of hydrogen-bond acceptors (Lipinski definition) is 3. The van der Waals surface area contributed by atoms with E-state index in [1.165, 1.54) is 11.1 Å². The second-order valence-electron chi connectivity index (χ2n) is 7.44. The van der Waals surface area contributed by atoms with Crippen LogP contribution >= 0.6 is 0 Å². The van der Waals surface area contributed by atoms with Gasteiger partial charge in [-0.3, -0.25) is 0 Å². The normalized spacial score (nSPS) is 14.3. The number of nitrogens with two attached hydrogens (primary N) is 1. The van der Waals surface area contributed by atoms with Crippen molar-refractivity contribution in [1.82, 2.24) is 0 Å². The van der Waals surface area contributed by atoms with Gasteiger partial charge < -0.3 is 15.6 Å². The van der Waals surface area contributed by atoms with Crippen molar-refractivity contribution in [3.63, 3.8) is 0 Å². The van der Waals surface area contributed by atoms with Crippen LogP contribution in [0.3, 0.4) is 0 Å². The summed E-state index contributed by atoms with van der Waals surface area (Å²) in [6, 6.07) is 25.5. The van der Waals surface area contributed by atoms with Crippen LogP contribution in [0.2, 0.25) is 0 Å². The number of para-hydroxylation sites is 1. The lowest BCUT2D eigenvalue weighted by Gasteiger charge is -2.27. The van der Waals surface area contributed by atoms with Gasteiger partial charge in [0.25, 0.3) is 0 Å². The third-order valence-corrected chi connectivity index (χ3v) is 5.30. The molecule has 0 amide bonds. The Morgan fingerprint density at radius 2 is 1.54 bits per heavy atom. The summed E-state index contributed by atoms with van der Waals surface area (Å²) in [6.45, 7) is 4.66. The molecule has 0 saturated heterocycles. The van der Waals surface area contributed by atoms with E-state index >= 15 is 0 Å². The van der Waals surface area contributed by atoms with E-state index < -0.39 is 6.10 Å². The number of hydrogen-bond donors (Lipinski definition) is 2. The van der Waals surface area contributed by atoms with Gasteiger partial charge in [-0.15, -0.1) is 0 Å². The Morgan fingerprint density at radius 3 is 2.29 bits per heavy atom. The smallest absolute Gasteiger partial charge is 0.125 e. The molecule has 3 heteroatoms. The SMILES string of the molecule is Cc1ccccc1CC(C)C(N)C(O)c1ccccc1OCc1ccccc1. The summed E-state index contributed by atoms with van der Waals surface area (Å²) in [5, 5.41) is 11.0. The van der Waals surface area contributed by atoms with Crippen LogP contribution in [0.5, 0.6) is 5.75 Å². The molecule has 0 saturated carbocycles. The maximum Gasteiger partial charge on any atom is 0.125 e. The molecule has 0 fully saturated rings. The van der Waals surface area contributed by atoms with Gasteiger partial charge in [-0.05, 0) is 42.0 Å². The summed E-state index contributed by atoms with van der Waals surface area (Å²) in [5.41, 5.74) is 10.8. The van der Waals surface area contributed by atoms with Gasteiger partial charge in [0.2, 0.25) is 0 Å². The lowest BCUT2D eigenvalue weighted by molar-refractivity contribution is 0.117. The molecule has 0 heterocycles. The molecular formula is C25H29NO2. The van der Waals surface area contributed by atoms with Gasteiger partial charge >= 0.3 is 0 Å². The predicted molar refractivity (Wildman–Crippen MR) is 114 cm³/mol. The van der Waals surface area contributed by atoms with E-state index in [4.69, 9.17) is 10.5 Å². The molecule has 0 aromatic heterocycles. The minimum Gasteiger partial charge on any atom is -0.489 e. The van der Waals surface area contributed by atoms with Crippen LogP contribution < -0.4 is 10.5 Å². The summed E-state index contributed by atoms with van der Waals surface area (Å²) in [6.07, 6.45) is 0.0452. The Balaban J connectivity index is 1.70. The van der Waals surface area contributed by atoms with E-state index in [9.17, 15) is 5.11 Å². The molecule has 3 aromatic rings. The molecule has 0 aliphatic rings. The van der Waals surface area contributed by atoms with E-state index in [-0.39, 0.29) is 12.0 Å².